The fourth-order valence-corrected chi connectivity index (χ4v) is 2.69. The second-order valence-corrected chi connectivity index (χ2v) is 6.80. The Morgan fingerprint density at radius 3 is 2.44 bits per heavy atom. The van der Waals surface area contributed by atoms with E-state index in [0.29, 0.717) is 12.2 Å². The average Bonchev–Trinajstić information content (AvgIpc) is 2.66. The molecule has 3 aromatic rings. The minimum Gasteiger partial charge on any atom is -0.489 e. The van der Waals surface area contributed by atoms with Crippen LogP contribution in [0.4, 0.5) is 0 Å². The van der Waals surface area contributed by atoms with Crippen molar-refractivity contribution >= 4 is 34.5 Å². The molecule has 25 heavy (non-hydrogen) atoms. The maximum absolute atomic E-state index is 12.2. The van der Waals surface area contributed by atoms with Gasteiger partial charge in [-0.05, 0) is 64.1 Å². The SMILES string of the molecule is O=C(C=Cc1cccc(OCc2ccccc2)c1)c1ccc(I)cc1. The molecule has 3 aromatic carbocycles. The Balaban J connectivity index is 1.64. The highest BCUT2D eigenvalue weighted by atomic mass is 127. The fraction of sp³-hybridized carbons (Fsp3) is 0.0455. The van der Waals surface area contributed by atoms with Crippen LogP contribution in [-0.4, -0.2) is 5.78 Å². The third-order valence-corrected chi connectivity index (χ3v) is 4.38. The van der Waals surface area contributed by atoms with Gasteiger partial charge in [-0.3, -0.25) is 4.79 Å². The van der Waals surface area contributed by atoms with E-state index in [1.165, 1.54) is 0 Å². The Hall–Kier alpha value is -2.40. The fourth-order valence-electron chi connectivity index (χ4n) is 2.33. The average molecular weight is 440 g/mol. The van der Waals surface area contributed by atoms with Crippen molar-refractivity contribution in [3.05, 3.63) is 105 Å². The van der Waals surface area contributed by atoms with Crippen molar-refractivity contribution in [1.82, 2.24) is 0 Å². The Morgan fingerprint density at radius 1 is 0.920 bits per heavy atom. The summed E-state index contributed by atoms with van der Waals surface area (Å²) >= 11 is 2.22. The van der Waals surface area contributed by atoms with E-state index in [1.807, 2.05) is 84.9 Å². The van der Waals surface area contributed by atoms with Gasteiger partial charge in [0.05, 0.1) is 0 Å². The molecule has 0 aromatic heterocycles. The molecular weight excluding hydrogens is 423 g/mol. The van der Waals surface area contributed by atoms with Crippen LogP contribution in [0.25, 0.3) is 6.08 Å². The first-order valence-electron chi connectivity index (χ1n) is 7.95. The van der Waals surface area contributed by atoms with Gasteiger partial charge in [0, 0.05) is 9.13 Å². The molecule has 0 saturated carbocycles. The predicted octanol–water partition coefficient (Wildman–Crippen LogP) is 5.77. The largest absolute Gasteiger partial charge is 0.489 e. The summed E-state index contributed by atoms with van der Waals surface area (Å²) in [6.07, 6.45) is 3.41. The van der Waals surface area contributed by atoms with Gasteiger partial charge in [0.1, 0.15) is 12.4 Å². The van der Waals surface area contributed by atoms with Gasteiger partial charge >= 0.3 is 0 Å². The van der Waals surface area contributed by atoms with Gasteiger partial charge in [0.25, 0.3) is 0 Å². The van der Waals surface area contributed by atoms with Crippen molar-refractivity contribution < 1.29 is 9.53 Å². The molecule has 0 atom stereocenters. The maximum atomic E-state index is 12.2. The van der Waals surface area contributed by atoms with Gasteiger partial charge in [-0.25, -0.2) is 0 Å². The van der Waals surface area contributed by atoms with Gasteiger partial charge in [0.15, 0.2) is 5.78 Å². The quantitative estimate of drug-likeness (QED) is 0.277. The van der Waals surface area contributed by atoms with Crippen molar-refractivity contribution in [3.8, 4) is 5.75 Å². The second-order valence-electron chi connectivity index (χ2n) is 5.55. The van der Waals surface area contributed by atoms with Gasteiger partial charge in [-0.15, -0.1) is 0 Å². The molecule has 0 aliphatic heterocycles. The Labute approximate surface area is 161 Å². The van der Waals surface area contributed by atoms with Crippen molar-refractivity contribution in [2.75, 3.05) is 0 Å². The van der Waals surface area contributed by atoms with Crippen molar-refractivity contribution in [3.63, 3.8) is 0 Å². The Bertz CT molecular complexity index is 868. The monoisotopic (exact) mass is 440 g/mol. The van der Waals surface area contributed by atoms with Crippen LogP contribution in [0.15, 0.2) is 84.9 Å². The first-order valence-corrected chi connectivity index (χ1v) is 9.03. The second kappa shape index (κ2) is 8.62. The van der Waals surface area contributed by atoms with E-state index >= 15 is 0 Å². The molecule has 0 spiro atoms. The van der Waals surface area contributed by atoms with Gasteiger partial charge < -0.3 is 4.74 Å². The van der Waals surface area contributed by atoms with Gasteiger partial charge in [0.2, 0.25) is 0 Å². The lowest BCUT2D eigenvalue weighted by atomic mass is 10.1. The number of carbonyl (C=O) groups excluding carboxylic acids is 1. The van der Waals surface area contributed by atoms with Crippen LogP contribution < -0.4 is 4.74 Å². The molecule has 2 nitrogen and oxygen atoms in total. The number of benzene rings is 3. The van der Waals surface area contributed by atoms with E-state index in [-0.39, 0.29) is 5.78 Å². The molecule has 124 valence electrons. The molecule has 0 aliphatic carbocycles. The van der Waals surface area contributed by atoms with Crippen molar-refractivity contribution in [2.24, 2.45) is 0 Å². The highest BCUT2D eigenvalue weighted by molar-refractivity contribution is 14.1. The third-order valence-electron chi connectivity index (χ3n) is 3.66. The smallest absolute Gasteiger partial charge is 0.185 e. The lowest BCUT2D eigenvalue weighted by Crippen LogP contribution is -1.95. The zero-order valence-electron chi connectivity index (χ0n) is 13.6. The number of ether oxygens (including phenoxy) is 1. The lowest BCUT2D eigenvalue weighted by molar-refractivity contribution is 0.104. The Kier molecular flexibility index (Phi) is 6.01. The summed E-state index contributed by atoms with van der Waals surface area (Å²) in [7, 11) is 0. The van der Waals surface area contributed by atoms with Crippen molar-refractivity contribution in [1.29, 1.82) is 0 Å². The highest BCUT2D eigenvalue weighted by Crippen LogP contribution is 2.17. The number of carbonyl (C=O) groups is 1. The van der Waals surface area contributed by atoms with Crippen LogP contribution in [0, 0.1) is 3.57 Å². The van der Waals surface area contributed by atoms with E-state index < -0.39 is 0 Å². The number of rotatable bonds is 6. The number of hydrogen-bond donors (Lipinski definition) is 0. The predicted molar refractivity (Wildman–Crippen MR) is 110 cm³/mol. The molecule has 0 radical (unpaired) electrons. The van der Waals surface area contributed by atoms with Crippen LogP contribution >= 0.6 is 22.6 Å². The summed E-state index contributed by atoms with van der Waals surface area (Å²) in [5.41, 5.74) is 2.75. The van der Waals surface area contributed by atoms with Crippen LogP contribution in [0.1, 0.15) is 21.5 Å². The first kappa shape index (κ1) is 17.4. The third kappa shape index (κ3) is 5.29. The minimum atomic E-state index is -0.00740. The number of halogens is 1. The Morgan fingerprint density at radius 2 is 1.68 bits per heavy atom. The standard InChI is InChI=1S/C22H17IO2/c23-20-12-10-19(11-13-20)22(24)14-9-17-7-4-8-21(15-17)25-16-18-5-2-1-3-6-18/h1-15H,16H2. The maximum Gasteiger partial charge on any atom is 0.185 e. The number of allylic oxidation sites excluding steroid dienone is 1. The van der Waals surface area contributed by atoms with E-state index in [9.17, 15) is 4.79 Å². The number of ketones is 1. The van der Waals surface area contributed by atoms with Crippen molar-refractivity contribution in [2.45, 2.75) is 6.61 Å². The van der Waals surface area contributed by atoms with E-state index in [1.54, 1.807) is 6.08 Å². The summed E-state index contributed by atoms with van der Waals surface area (Å²) in [6, 6.07) is 25.3. The summed E-state index contributed by atoms with van der Waals surface area (Å²) in [6.45, 7) is 0.523. The molecule has 0 bridgehead atoms. The molecule has 0 saturated heterocycles. The zero-order chi connectivity index (χ0) is 17.5. The molecule has 0 unspecified atom stereocenters. The molecule has 0 heterocycles. The van der Waals surface area contributed by atoms with Crippen LogP contribution in [0.5, 0.6) is 5.75 Å². The van der Waals surface area contributed by atoms with E-state index in [4.69, 9.17) is 4.74 Å². The van der Waals surface area contributed by atoms with Gasteiger partial charge in [-0.2, -0.15) is 0 Å². The zero-order valence-corrected chi connectivity index (χ0v) is 15.7. The topological polar surface area (TPSA) is 26.3 Å². The van der Waals surface area contributed by atoms with E-state index in [0.717, 1.165) is 20.4 Å². The molecule has 0 aliphatic rings. The summed E-state index contributed by atoms with van der Waals surface area (Å²) in [4.78, 5) is 12.2. The van der Waals surface area contributed by atoms with Gasteiger partial charge in [-0.1, -0.05) is 60.7 Å². The first-order chi connectivity index (χ1) is 12.2. The molecular formula is C22H17IO2. The normalized spacial score (nSPS) is 10.8. The molecule has 0 amide bonds. The molecule has 3 rings (SSSR count). The number of hydrogen-bond acceptors (Lipinski definition) is 2. The summed E-state index contributed by atoms with van der Waals surface area (Å²) < 4.78 is 6.93. The highest BCUT2D eigenvalue weighted by Gasteiger charge is 2.01. The minimum absolute atomic E-state index is 0.00740. The summed E-state index contributed by atoms with van der Waals surface area (Å²) in [5.74, 6) is 0.778. The molecule has 0 fully saturated rings. The molecule has 0 N–H and O–H groups in total. The van der Waals surface area contributed by atoms with Crippen LogP contribution in [0.2, 0.25) is 0 Å². The summed E-state index contributed by atoms with van der Waals surface area (Å²) in [5, 5.41) is 0. The van der Waals surface area contributed by atoms with Crippen LogP contribution in [-0.2, 0) is 6.61 Å². The van der Waals surface area contributed by atoms with Crippen LogP contribution in [0.3, 0.4) is 0 Å². The molecule has 3 heteroatoms. The van der Waals surface area contributed by atoms with E-state index in [2.05, 4.69) is 22.6 Å². The lowest BCUT2D eigenvalue weighted by Gasteiger charge is -2.06.